The molecule has 4 rings (SSSR count). The minimum absolute atomic E-state index is 0.0575. The second-order valence-corrected chi connectivity index (χ2v) is 10.3. The summed E-state index contributed by atoms with van der Waals surface area (Å²) in [7, 11) is 1.79. The number of rotatable bonds is 3. The number of nitrogens with two attached hydrogens (primary N) is 1. The van der Waals surface area contributed by atoms with E-state index in [9.17, 15) is 14.8 Å². The van der Waals surface area contributed by atoms with Gasteiger partial charge in [-0.2, -0.15) is 0 Å². The summed E-state index contributed by atoms with van der Waals surface area (Å²) >= 11 is 0. The van der Waals surface area contributed by atoms with Crippen LogP contribution < -0.4 is 10.4 Å². The van der Waals surface area contributed by atoms with Crippen LogP contribution in [0.1, 0.15) is 49.5 Å². The van der Waals surface area contributed by atoms with E-state index in [-0.39, 0.29) is 12.0 Å². The van der Waals surface area contributed by atoms with Crippen molar-refractivity contribution in [3.8, 4) is 0 Å². The maximum Gasteiger partial charge on any atom is 0.410 e. The number of ether oxygens (including phenoxy) is 1. The number of piperidine rings is 1. The van der Waals surface area contributed by atoms with Crippen LogP contribution in [0, 0.1) is 5.21 Å². The predicted octanol–water partition coefficient (Wildman–Crippen LogP) is 1.53. The van der Waals surface area contributed by atoms with E-state index in [1.807, 2.05) is 31.7 Å². The van der Waals surface area contributed by atoms with Gasteiger partial charge in [0.05, 0.1) is 0 Å². The largest absolute Gasteiger partial charge is 0.630 e. The lowest BCUT2D eigenvalue weighted by Gasteiger charge is -2.44. The predicted molar refractivity (Wildman–Crippen MR) is 127 cm³/mol. The van der Waals surface area contributed by atoms with Crippen molar-refractivity contribution in [2.75, 3.05) is 57.8 Å². The number of carbonyl (C=O) groups is 2. The standard InChI is InChI=1S/C24H37N5O4/c1-24(2,3)33-23(31)29-15-13-27(14-16-29)17-7-11-28(12-8-17)20-6-5-19(25-32)21-18(20)9-10-26(4)22(21)30/h5-6,17H,7-16,25H2,1-4H3. The van der Waals surface area contributed by atoms with Crippen molar-refractivity contribution in [1.29, 1.82) is 0 Å². The van der Waals surface area contributed by atoms with Gasteiger partial charge in [-0.05, 0) is 51.7 Å². The molecule has 0 radical (unpaired) electrons. The molecule has 182 valence electrons. The summed E-state index contributed by atoms with van der Waals surface area (Å²) in [5.74, 6) is -0.0575. The van der Waals surface area contributed by atoms with Gasteiger partial charge in [-0.15, -0.1) is 0 Å². The van der Waals surface area contributed by atoms with E-state index in [4.69, 9.17) is 4.74 Å². The minimum Gasteiger partial charge on any atom is -0.630 e. The highest BCUT2D eigenvalue weighted by atomic mass is 16.6. The second-order valence-electron chi connectivity index (χ2n) is 10.3. The number of piperazine rings is 1. The molecule has 33 heavy (non-hydrogen) atoms. The van der Waals surface area contributed by atoms with Gasteiger partial charge in [-0.25, -0.2) is 4.79 Å². The Morgan fingerprint density at radius 1 is 1.06 bits per heavy atom. The molecule has 1 aromatic carbocycles. The van der Waals surface area contributed by atoms with Gasteiger partial charge >= 0.3 is 6.09 Å². The molecule has 0 atom stereocenters. The summed E-state index contributed by atoms with van der Waals surface area (Å²) in [6.07, 6.45) is 2.65. The number of quaternary nitrogens is 1. The first kappa shape index (κ1) is 23.8. The smallest absolute Gasteiger partial charge is 0.410 e. The van der Waals surface area contributed by atoms with Gasteiger partial charge in [0.15, 0.2) is 0 Å². The van der Waals surface area contributed by atoms with E-state index in [1.165, 1.54) is 0 Å². The minimum atomic E-state index is -0.468. The summed E-state index contributed by atoms with van der Waals surface area (Å²) < 4.78 is 5.51. The zero-order valence-corrected chi connectivity index (χ0v) is 20.3. The number of hydrogen-bond acceptors (Lipinski definition) is 6. The number of hydrogen-bond donors (Lipinski definition) is 1. The fourth-order valence-electron chi connectivity index (χ4n) is 5.19. The van der Waals surface area contributed by atoms with Crippen molar-refractivity contribution in [3.63, 3.8) is 0 Å². The molecule has 2 N–H and O–H groups in total. The number of likely N-dealkylation sites (N-methyl/N-ethyl adjacent to an activating group) is 1. The lowest BCUT2D eigenvalue weighted by Crippen LogP contribution is -2.71. The topological polar surface area (TPSA) is 96.0 Å². The van der Waals surface area contributed by atoms with Crippen LogP contribution in [0.5, 0.6) is 0 Å². The second kappa shape index (κ2) is 9.48. The van der Waals surface area contributed by atoms with E-state index in [0.29, 0.717) is 36.9 Å². The average molecular weight is 460 g/mol. The molecule has 0 aromatic heterocycles. The van der Waals surface area contributed by atoms with Gasteiger partial charge in [0.2, 0.25) is 0 Å². The van der Waals surface area contributed by atoms with Gasteiger partial charge < -0.3 is 30.1 Å². The number of fused-ring (bicyclic) bond motifs is 1. The van der Waals surface area contributed by atoms with E-state index in [1.54, 1.807) is 18.0 Å². The molecule has 0 unspecified atom stereocenters. The van der Waals surface area contributed by atoms with E-state index < -0.39 is 5.60 Å². The summed E-state index contributed by atoms with van der Waals surface area (Å²) in [6.45, 7) is 11.4. The third-order valence-electron chi connectivity index (χ3n) is 6.99. The Labute approximate surface area is 196 Å². The molecule has 0 spiro atoms. The highest BCUT2D eigenvalue weighted by molar-refractivity contribution is 6.02. The number of amides is 2. The quantitative estimate of drug-likeness (QED) is 0.544. The van der Waals surface area contributed by atoms with Crippen molar-refractivity contribution in [2.24, 2.45) is 0 Å². The van der Waals surface area contributed by atoms with Crippen LogP contribution >= 0.6 is 0 Å². The number of anilines is 1. The molecule has 2 fully saturated rings. The molecule has 3 heterocycles. The van der Waals surface area contributed by atoms with Crippen LogP contribution in [0.2, 0.25) is 0 Å². The van der Waals surface area contributed by atoms with Gasteiger partial charge in [0.1, 0.15) is 16.9 Å². The molecule has 0 aliphatic carbocycles. The Balaban J connectivity index is 1.36. The van der Waals surface area contributed by atoms with Crippen LogP contribution in [0.4, 0.5) is 16.2 Å². The van der Waals surface area contributed by atoms with Crippen molar-refractivity contribution in [3.05, 3.63) is 28.5 Å². The van der Waals surface area contributed by atoms with Crippen LogP contribution in [0.3, 0.4) is 0 Å². The fraction of sp³-hybridized carbons (Fsp3) is 0.667. The van der Waals surface area contributed by atoms with Gasteiger partial charge in [-0.1, -0.05) is 0 Å². The zero-order chi connectivity index (χ0) is 23.8. The van der Waals surface area contributed by atoms with Crippen LogP contribution in [0.15, 0.2) is 12.1 Å². The maximum absolute atomic E-state index is 12.7. The Bertz CT molecular complexity index is 884. The highest BCUT2D eigenvalue weighted by Gasteiger charge is 2.33. The third kappa shape index (κ3) is 5.10. The maximum atomic E-state index is 12.7. The van der Waals surface area contributed by atoms with Gasteiger partial charge in [-0.3, -0.25) is 9.69 Å². The number of carbonyl (C=O) groups excluding carboxylic acids is 2. The molecule has 9 nitrogen and oxygen atoms in total. The van der Waals surface area contributed by atoms with Crippen molar-refractivity contribution in [2.45, 2.75) is 51.7 Å². The number of nitrogens with zero attached hydrogens (tertiary/aromatic N) is 4. The SMILES string of the molecule is CN1CCc2c(N3CCC(N4CCN(C(=O)OC(C)(C)C)CC4)CC3)ccc([NH2+][O-])c2C1=O. The molecule has 0 bridgehead atoms. The molecule has 2 saturated heterocycles. The number of benzene rings is 1. The molecular formula is C24H37N5O4. The van der Waals surface area contributed by atoms with Crippen molar-refractivity contribution < 1.29 is 19.8 Å². The third-order valence-corrected chi connectivity index (χ3v) is 6.99. The average Bonchev–Trinajstić information content (AvgIpc) is 2.80. The molecule has 2 amide bonds. The Hall–Kier alpha value is -2.36. The van der Waals surface area contributed by atoms with Gasteiger partial charge in [0.25, 0.3) is 5.91 Å². The van der Waals surface area contributed by atoms with E-state index >= 15 is 0 Å². The lowest BCUT2D eigenvalue weighted by molar-refractivity contribution is -0.497. The molecule has 3 aliphatic heterocycles. The molecular weight excluding hydrogens is 422 g/mol. The summed E-state index contributed by atoms with van der Waals surface area (Å²) in [5.41, 5.74) is 3.52. The first-order chi connectivity index (χ1) is 15.7. The van der Waals surface area contributed by atoms with Crippen LogP contribution in [-0.2, 0) is 11.2 Å². The van der Waals surface area contributed by atoms with E-state index in [0.717, 1.165) is 62.2 Å². The fourth-order valence-corrected chi connectivity index (χ4v) is 5.19. The molecule has 3 aliphatic rings. The van der Waals surface area contributed by atoms with Gasteiger partial charge in [0, 0.05) is 70.7 Å². The highest BCUT2D eigenvalue weighted by Crippen LogP contribution is 2.34. The Morgan fingerprint density at radius 2 is 1.73 bits per heavy atom. The summed E-state index contributed by atoms with van der Waals surface area (Å²) in [5, 5.41) is 11.5. The Kier molecular flexibility index (Phi) is 6.83. The van der Waals surface area contributed by atoms with Crippen molar-refractivity contribution in [1.82, 2.24) is 14.7 Å². The first-order valence-corrected chi connectivity index (χ1v) is 12.0. The lowest BCUT2D eigenvalue weighted by atomic mass is 9.93. The summed E-state index contributed by atoms with van der Waals surface area (Å²) in [4.78, 5) is 33.5. The van der Waals surface area contributed by atoms with E-state index in [2.05, 4.69) is 9.80 Å². The monoisotopic (exact) mass is 459 g/mol. The zero-order valence-electron chi connectivity index (χ0n) is 20.3. The summed E-state index contributed by atoms with van der Waals surface area (Å²) in [6, 6.07) is 4.31. The van der Waals surface area contributed by atoms with Crippen LogP contribution in [-0.4, -0.2) is 91.2 Å². The molecule has 0 saturated carbocycles. The van der Waals surface area contributed by atoms with Crippen molar-refractivity contribution >= 4 is 23.4 Å². The normalized spacial score (nSPS) is 20.8. The molecule has 1 aromatic rings. The Morgan fingerprint density at radius 3 is 2.33 bits per heavy atom. The van der Waals surface area contributed by atoms with Crippen LogP contribution in [0.25, 0.3) is 0 Å². The molecule has 9 heteroatoms. The first-order valence-electron chi connectivity index (χ1n) is 12.0.